The van der Waals surface area contributed by atoms with Crippen molar-refractivity contribution >= 4 is 59.9 Å². The van der Waals surface area contributed by atoms with Gasteiger partial charge in [-0.1, -0.05) is 97.1 Å². The number of hydrogen-bond donors (Lipinski definition) is 0. The molecule has 0 spiro atoms. The van der Waals surface area contributed by atoms with Crippen LogP contribution >= 0.6 is 0 Å². The molecule has 0 aliphatic rings. The quantitative estimate of drug-likeness (QED) is 0.213. The third-order valence-corrected chi connectivity index (χ3v) is 8.27. The SMILES string of the molecule is c1ccc(-c2cccc(-n3c4ccccc4c4c5c6ccccc6n6c7ccccc7cc6c5ccc43)n2)cc1. The molecule has 0 fully saturated rings. The van der Waals surface area contributed by atoms with Crippen LogP contribution in [0.15, 0.2) is 140 Å². The molecule has 0 saturated heterocycles. The Morgan fingerprint density at radius 2 is 1.10 bits per heavy atom. The molecule has 0 saturated carbocycles. The van der Waals surface area contributed by atoms with E-state index in [2.05, 4.69) is 142 Å². The largest absolute Gasteiger partial charge is 0.309 e. The highest BCUT2D eigenvalue weighted by molar-refractivity contribution is 6.31. The average molecular weight is 510 g/mol. The molecule has 0 aliphatic heterocycles. The first-order valence-electron chi connectivity index (χ1n) is 13.7. The Bertz CT molecular complexity index is 2430. The van der Waals surface area contributed by atoms with Gasteiger partial charge in [0.1, 0.15) is 5.82 Å². The van der Waals surface area contributed by atoms with E-state index in [1.54, 1.807) is 0 Å². The molecular formula is C37H23N3. The highest BCUT2D eigenvalue weighted by atomic mass is 15.1. The predicted octanol–water partition coefficient (Wildman–Crippen LogP) is 9.56. The summed E-state index contributed by atoms with van der Waals surface area (Å²) in [7, 11) is 0. The normalized spacial score (nSPS) is 12.0. The number of benzene rings is 5. The molecule has 0 unspecified atom stereocenters. The number of fused-ring (bicyclic) bond motifs is 12. The van der Waals surface area contributed by atoms with Crippen molar-refractivity contribution in [1.82, 2.24) is 14.0 Å². The van der Waals surface area contributed by atoms with Crippen LogP contribution in [0.25, 0.3) is 77.0 Å². The third kappa shape index (κ3) is 2.86. The maximum absolute atomic E-state index is 5.17. The summed E-state index contributed by atoms with van der Waals surface area (Å²) in [6.07, 6.45) is 0. The number of pyridine rings is 2. The van der Waals surface area contributed by atoms with E-state index in [4.69, 9.17) is 4.98 Å². The van der Waals surface area contributed by atoms with Crippen molar-refractivity contribution in [1.29, 1.82) is 0 Å². The molecule has 4 heterocycles. The summed E-state index contributed by atoms with van der Waals surface area (Å²) in [5.41, 5.74) is 8.10. The second kappa shape index (κ2) is 8.05. The van der Waals surface area contributed by atoms with Crippen LogP contribution in [0.2, 0.25) is 0 Å². The van der Waals surface area contributed by atoms with E-state index in [1.165, 1.54) is 48.9 Å². The Hall–Kier alpha value is -5.41. The molecule has 0 amide bonds. The molecule has 3 heteroatoms. The summed E-state index contributed by atoms with van der Waals surface area (Å²) in [5, 5.41) is 7.56. The smallest absolute Gasteiger partial charge is 0.138 e. The molecular weight excluding hydrogens is 486 g/mol. The Balaban J connectivity index is 1.47. The van der Waals surface area contributed by atoms with Gasteiger partial charge in [0.15, 0.2) is 0 Å². The minimum absolute atomic E-state index is 0.922. The fourth-order valence-corrected chi connectivity index (χ4v) is 6.61. The Labute approximate surface area is 230 Å². The summed E-state index contributed by atoms with van der Waals surface area (Å²) >= 11 is 0. The van der Waals surface area contributed by atoms with Gasteiger partial charge in [-0.05, 0) is 42.5 Å². The fraction of sp³-hybridized carbons (Fsp3) is 0. The lowest BCUT2D eigenvalue weighted by Gasteiger charge is -2.12. The molecule has 4 aromatic heterocycles. The molecule has 5 aromatic carbocycles. The number of nitrogens with zero attached hydrogens (tertiary/aromatic N) is 3. The van der Waals surface area contributed by atoms with E-state index in [-0.39, 0.29) is 0 Å². The van der Waals surface area contributed by atoms with Gasteiger partial charge in [0, 0.05) is 37.9 Å². The molecule has 0 N–H and O–H groups in total. The van der Waals surface area contributed by atoms with Crippen LogP contribution in [-0.2, 0) is 0 Å². The van der Waals surface area contributed by atoms with Crippen molar-refractivity contribution in [3.63, 3.8) is 0 Å². The number of aromatic nitrogens is 3. The topological polar surface area (TPSA) is 22.2 Å². The van der Waals surface area contributed by atoms with Crippen LogP contribution in [0.4, 0.5) is 0 Å². The standard InChI is InChI=1S/C37H23N3/c1-2-11-24(12-3-1)29-16-10-20-35(38-29)40-32-19-9-6-15-27(32)37-33(40)22-21-28-34-23-25-13-4-7-17-30(25)39(34)31-18-8-5-14-26(31)36(28)37/h1-23H. The maximum Gasteiger partial charge on any atom is 0.138 e. The zero-order valence-electron chi connectivity index (χ0n) is 21.6. The Morgan fingerprint density at radius 1 is 0.425 bits per heavy atom. The molecule has 186 valence electrons. The summed E-state index contributed by atoms with van der Waals surface area (Å²) in [4.78, 5) is 5.17. The van der Waals surface area contributed by atoms with Crippen molar-refractivity contribution in [3.05, 3.63) is 140 Å². The number of hydrogen-bond acceptors (Lipinski definition) is 1. The molecule has 0 atom stereocenters. The van der Waals surface area contributed by atoms with Gasteiger partial charge in [0.2, 0.25) is 0 Å². The van der Waals surface area contributed by atoms with Gasteiger partial charge in [-0.15, -0.1) is 0 Å². The van der Waals surface area contributed by atoms with Gasteiger partial charge < -0.3 is 4.40 Å². The highest BCUT2D eigenvalue weighted by Crippen LogP contribution is 2.42. The monoisotopic (exact) mass is 509 g/mol. The van der Waals surface area contributed by atoms with Gasteiger partial charge >= 0.3 is 0 Å². The minimum Gasteiger partial charge on any atom is -0.309 e. The van der Waals surface area contributed by atoms with Crippen LogP contribution in [0.5, 0.6) is 0 Å². The first kappa shape index (κ1) is 21.5. The first-order chi connectivity index (χ1) is 19.9. The van der Waals surface area contributed by atoms with Crippen molar-refractivity contribution in [2.24, 2.45) is 0 Å². The van der Waals surface area contributed by atoms with Crippen molar-refractivity contribution < 1.29 is 0 Å². The van der Waals surface area contributed by atoms with Crippen LogP contribution in [0.1, 0.15) is 0 Å². The van der Waals surface area contributed by atoms with Gasteiger partial charge in [-0.2, -0.15) is 0 Å². The van der Waals surface area contributed by atoms with Crippen molar-refractivity contribution in [2.45, 2.75) is 0 Å². The highest BCUT2D eigenvalue weighted by Gasteiger charge is 2.20. The number of rotatable bonds is 2. The minimum atomic E-state index is 0.922. The first-order valence-corrected chi connectivity index (χ1v) is 13.7. The summed E-state index contributed by atoms with van der Waals surface area (Å²) in [6.45, 7) is 0. The Kier molecular flexibility index (Phi) is 4.33. The molecule has 9 rings (SSSR count). The van der Waals surface area contributed by atoms with E-state index in [0.717, 1.165) is 28.1 Å². The van der Waals surface area contributed by atoms with E-state index in [9.17, 15) is 0 Å². The number of para-hydroxylation sites is 3. The summed E-state index contributed by atoms with van der Waals surface area (Å²) in [5.74, 6) is 0.922. The molecule has 0 aliphatic carbocycles. The van der Waals surface area contributed by atoms with Gasteiger partial charge in [0.05, 0.1) is 33.3 Å². The maximum atomic E-state index is 5.17. The van der Waals surface area contributed by atoms with E-state index in [1.807, 2.05) is 6.07 Å². The van der Waals surface area contributed by atoms with Crippen molar-refractivity contribution in [2.75, 3.05) is 0 Å². The molecule has 40 heavy (non-hydrogen) atoms. The Morgan fingerprint density at radius 3 is 1.95 bits per heavy atom. The van der Waals surface area contributed by atoms with Crippen molar-refractivity contribution in [3.8, 4) is 17.1 Å². The molecule has 0 bridgehead atoms. The van der Waals surface area contributed by atoms with E-state index >= 15 is 0 Å². The third-order valence-electron chi connectivity index (χ3n) is 8.27. The lowest BCUT2D eigenvalue weighted by atomic mass is 9.99. The lowest BCUT2D eigenvalue weighted by molar-refractivity contribution is 1.08. The van der Waals surface area contributed by atoms with Crippen LogP contribution in [0, 0.1) is 0 Å². The molecule has 9 aromatic rings. The lowest BCUT2D eigenvalue weighted by Crippen LogP contribution is -1.98. The summed E-state index contributed by atoms with van der Waals surface area (Å²) < 4.78 is 4.74. The van der Waals surface area contributed by atoms with Gasteiger partial charge in [0.25, 0.3) is 0 Å². The zero-order valence-corrected chi connectivity index (χ0v) is 21.6. The van der Waals surface area contributed by atoms with Gasteiger partial charge in [-0.3, -0.25) is 4.57 Å². The van der Waals surface area contributed by atoms with Crippen LogP contribution in [0.3, 0.4) is 0 Å². The second-order valence-corrected chi connectivity index (χ2v) is 10.4. The molecule has 3 nitrogen and oxygen atoms in total. The van der Waals surface area contributed by atoms with Gasteiger partial charge in [-0.25, -0.2) is 4.98 Å². The summed E-state index contributed by atoms with van der Waals surface area (Å²) in [6, 6.07) is 49.8. The molecule has 0 radical (unpaired) electrons. The van der Waals surface area contributed by atoms with E-state index < -0.39 is 0 Å². The van der Waals surface area contributed by atoms with Crippen LogP contribution in [-0.4, -0.2) is 14.0 Å². The van der Waals surface area contributed by atoms with Crippen LogP contribution < -0.4 is 0 Å². The fourth-order valence-electron chi connectivity index (χ4n) is 6.61. The average Bonchev–Trinajstić information content (AvgIpc) is 3.58. The predicted molar refractivity (Wildman–Crippen MR) is 167 cm³/mol. The second-order valence-electron chi connectivity index (χ2n) is 10.4. The van der Waals surface area contributed by atoms with E-state index in [0.29, 0.717) is 0 Å². The zero-order chi connectivity index (χ0) is 26.2.